The smallest absolute Gasteiger partial charge is 0.174 e. The van der Waals surface area contributed by atoms with Gasteiger partial charge in [0.05, 0.1) is 4.91 Å². The highest BCUT2D eigenvalue weighted by Crippen LogP contribution is 2.03. The maximum atomic E-state index is 10.8. The summed E-state index contributed by atoms with van der Waals surface area (Å²) in [7, 11) is -3.12. The molecule has 0 aromatic rings. The number of hydrogen-bond donors (Lipinski definition) is 0. The topological polar surface area (TPSA) is 34.1 Å². The molecule has 0 aliphatic carbocycles. The Hall–Kier alpha value is -0.830. The van der Waals surface area contributed by atoms with E-state index < -0.39 is 9.84 Å². The predicted molar refractivity (Wildman–Crippen MR) is 47.9 cm³/mol. The molecule has 0 aromatic carbocycles. The first kappa shape index (κ1) is 10.2. The second-order valence-electron chi connectivity index (χ2n) is 2.42. The van der Waals surface area contributed by atoms with E-state index in [1.54, 1.807) is 13.0 Å². The first-order chi connectivity index (χ1) is 4.84. The van der Waals surface area contributed by atoms with Gasteiger partial charge < -0.3 is 0 Å². The van der Waals surface area contributed by atoms with Crippen LogP contribution in [0.5, 0.6) is 0 Å². The summed E-state index contributed by atoms with van der Waals surface area (Å²) in [5.41, 5.74) is 0.801. The van der Waals surface area contributed by atoms with E-state index in [1.165, 1.54) is 6.08 Å². The summed E-state index contributed by atoms with van der Waals surface area (Å²) in [4.78, 5) is 0.112. The number of hydrogen-bond acceptors (Lipinski definition) is 2. The Morgan fingerprint density at radius 3 is 2.00 bits per heavy atom. The van der Waals surface area contributed by atoms with Crippen LogP contribution in [0.4, 0.5) is 0 Å². The van der Waals surface area contributed by atoms with E-state index in [0.717, 1.165) is 11.8 Å². The van der Waals surface area contributed by atoms with Crippen molar-refractivity contribution in [3.8, 4) is 0 Å². The van der Waals surface area contributed by atoms with Crippen molar-refractivity contribution in [3.05, 3.63) is 35.8 Å². The average molecular weight is 172 g/mol. The van der Waals surface area contributed by atoms with Crippen LogP contribution < -0.4 is 0 Å². The molecule has 3 heteroatoms. The van der Waals surface area contributed by atoms with E-state index >= 15 is 0 Å². The molecule has 0 atom stereocenters. The van der Waals surface area contributed by atoms with Crippen LogP contribution in [0.2, 0.25) is 0 Å². The Labute approximate surface area is 67.9 Å². The molecule has 0 amide bonds. The lowest BCUT2D eigenvalue weighted by atomic mass is 10.3. The molecule has 0 fully saturated rings. The van der Waals surface area contributed by atoms with Crippen LogP contribution in [0.15, 0.2) is 35.8 Å². The second-order valence-corrected chi connectivity index (χ2v) is 4.49. The summed E-state index contributed by atoms with van der Waals surface area (Å²) in [5.74, 6) is 0. The molecule has 0 N–H and O–H groups in total. The van der Waals surface area contributed by atoms with Crippen molar-refractivity contribution < 1.29 is 8.42 Å². The summed E-state index contributed by atoms with van der Waals surface area (Å²) < 4.78 is 21.5. The minimum atomic E-state index is -3.12. The normalized spacial score (nSPS) is 11.8. The number of rotatable bonds is 3. The largest absolute Gasteiger partial charge is 0.224 e. The summed E-state index contributed by atoms with van der Waals surface area (Å²) in [5, 5.41) is 0. The van der Waals surface area contributed by atoms with Crippen molar-refractivity contribution in [2.75, 3.05) is 6.26 Å². The maximum absolute atomic E-state index is 10.8. The highest BCUT2D eigenvalue weighted by atomic mass is 32.2. The molecule has 0 aliphatic rings. The average Bonchev–Trinajstić information content (AvgIpc) is 1.80. The number of allylic oxidation sites excluding steroid dienone is 3. The molecule has 0 heterocycles. The van der Waals surface area contributed by atoms with Gasteiger partial charge in [0.25, 0.3) is 0 Å². The van der Waals surface area contributed by atoms with Gasteiger partial charge in [-0.05, 0) is 13.0 Å². The van der Waals surface area contributed by atoms with E-state index in [4.69, 9.17) is 0 Å². The Kier molecular flexibility index (Phi) is 3.26. The molecular weight excluding hydrogens is 160 g/mol. The van der Waals surface area contributed by atoms with Crippen LogP contribution in [0.25, 0.3) is 0 Å². The quantitative estimate of drug-likeness (QED) is 0.607. The Morgan fingerprint density at radius 2 is 1.73 bits per heavy atom. The van der Waals surface area contributed by atoms with Crippen LogP contribution in [0.3, 0.4) is 0 Å². The highest BCUT2D eigenvalue weighted by Gasteiger charge is 2.02. The summed E-state index contributed by atoms with van der Waals surface area (Å²) in [6.07, 6.45) is 4.18. The van der Waals surface area contributed by atoms with Gasteiger partial charge in [0, 0.05) is 6.26 Å². The minimum Gasteiger partial charge on any atom is -0.224 e. The summed E-state index contributed by atoms with van der Waals surface area (Å²) >= 11 is 0. The van der Waals surface area contributed by atoms with E-state index in [0.29, 0.717) is 0 Å². The fourth-order valence-corrected chi connectivity index (χ4v) is 0.674. The van der Waals surface area contributed by atoms with Crippen LogP contribution >= 0.6 is 0 Å². The van der Waals surface area contributed by atoms with Crippen molar-refractivity contribution in [1.29, 1.82) is 0 Å². The molecule has 0 unspecified atom stereocenters. The van der Waals surface area contributed by atoms with Gasteiger partial charge in [-0.25, -0.2) is 8.42 Å². The van der Waals surface area contributed by atoms with Gasteiger partial charge in [-0.1, -0.05) is 24.8 Å². The van der Waals surface area contributed by atoms with Crippen molar-refractivity contribution >= 4 is 9.84 Å². The lowest BCUT2D eigenvalue weighted by molar-refractivity contribution is 0.608. The zero-order chi connectivity index (χ0) is 9.07. The highest BCUT2D eigenvalue weighted by molar-refractivity contribution is 7.94. The first-order valence-electron chi connectivity index (χ1n) is 3.06. The number of sulfone groups is 1. The van der Waals surface area contributed by atoms with Gasteiger partial charge in [0.2, 0.25) is 0 Å². The van der Waals surface area contributed by atoms with Gasteiger partial charge in [-0.3, -0.25) is 0 Å². The van der Waals surface area contributed by atoms with E-state index in [2.05, 4.69) is 13.2 Å². The molecule has 62 valence electrons. The molecule has 0 aromatic heterocycles. The summed E-state index contributed by atoms with van der Waals surface area (Å²) in [6.45, 7) is 8.75. The molecule has 0 radical (unpaired) electrons. The molecule has 0 saturated heterocycles. The minimum absolute atomic E-state index is 0.112. The van der Waals surface area contributed by atoms with Crippen molar-refractivity contribution in [2.24, 2.45) is 0 Å². The molecular formula is C8H12O2S. The molecule has 11 heavy (non-hydrogen) atoms. The maximum Gasteiger partial charge on any atom is 0.174 e. The lowest BCUT2D eigenvalue weighted by Gasteiger charge is -1.93. The van der Waals surface area contributed by atoms with Gasteiger partial charge in [-0.15, -0.1) is 0 Å². The van der Waals surface area contributed by atoms with Gasteiger partial charge >= 0.3 is 0 Å². The fraction of sp³-hybridized carbons (Fsp3) is 0.250. The van der Waals surface area contributed by atoms with Crippen LogP contribution in [-0.4, -0.2) is 14.7 Å². The van der Waals surface area contributed by atoms with Gasteiger partial charge in [-0.2, -0.15) is 0 Å². The molecule has 0 saturated carbocycles. The second kappa shape index (κ2) is 3.53. The van der Waals surface area contributed by atoms with Gasteiger partial charge in [0.1, 0.15) is 0 Å². The zero-order valence-corrected chi connectivity index (χ0v) is 7.61. The van der Waals surface area contributed by atoms with E-state index in [9.17, 15) is 8.42 Å². The van der Waals surface area contributed by atoms with Gasteiger partial charge in [0.15, 0.2) is 9.84 Å². The van der Waals surface area contributed by atoms with Crippen molar-refractivity contribution in [3.63, 3.8) is 0 Å². The molecule has 0 rings (SSSR count). The zero-order valence-electron chi connectivity index (χ0n) is 6.79. The predicted octanol–water partition coefficient (Wildman–Crippen LogP) is 1.68. The SMILES string of the molecule is C=C(C)/C=C\C(=C)S(C)(=O)=O. The first-order valence-corrected chi connectivity index (χ1v) is 4.95. The van der Waals surface area contributed by atoms with Crippen molar-refractivity contribution in [1.82, 2.24) is 0 Å². The Bertz CT molecular complexity index is 294. The molecule has 0 bridgehead atoms. The van der Waals surface area contributed by atoms with E-state index in [-0.39, 0.29) is 4.91 Å². The van der Waals surface area contributed by atoms with Crippen molar-refractivity contribution in [2.45, 2.75) is 6.92 Å². The summed E-state index contributed by atoms with van der Waals surface area (Å²) in [6, 6.07) is 0. The standard InChI is InChI=1S/C8H12O2S/c1-7(2)5-6-8(3)11(4,9)10/h5-6H,1,3H2,2,4H3/b6-5-. The molecule has 0 aliphatic heterocycles. The molecule has 2 nitrogen and oxygen atoms in total. The van der Waals surface area contributed by atoms with Crippen LogP contribution in [-0.2, 0) is 9.84 Å². The Balaban J connectivity index is 4.46. The molecule has 0 spiro atoms. The monoisotopic (exact) mass is 172 g/mol. The lowest BCUT2D eigenvalue weighted by Crippen LogP contribution is -1.95. The Morgan fingerprint density at radius 1 is 1.27 bits per heavy atom. The fourth-order valence-electron chi connectivity index (χ4n) is 0.359. The van der Waals surface area contributed by atoms with Crippen LogP contribution in [0, 0.1) is 0 Å². The third kappa shape index (κ3) is 4.56. The third-order valence-corrected chi connectivity index (χ3v) is 2.12. The van der Waals surface area contributed by atoms with E-state index in [1.807, 2.05) is 0 Å². The third-order valence-electron chi connectivity index (χ3n) is 1.03. The van der Waals surface area contributed by atoms with Crippen LogP contribution in [0.1, 0.15) is 6.92 Å².